The number of aliphatic hydroxyl groups excluding tert-OH is 1. The Morgan fingerprint density at radius 3 is 2.35 bits per heavy atom. The molecule has 2 aromatic rings. The highest BCUT2D eigenvalue weighted by Gasteiger charge is 2.32. The van der Waals surface area contributed by atoms with E-state index in [9.17, 15) is 19.7 Å². The molecule has 1 aromatic heterocycles. The fraction of sp³-hybridized carbons (Fsp3) is 0.409. The van der Waals surface area contributed by atoms with Crippen molar-refractivity contribution in [3.8, 4) is 11.1 Å². The molecule has 0 atom stereocenters. The molecular weight excluding hydrogens is 404 g/mol. The maximum atomic E-state index is 13.2. The number of ether oxygens (including phenoxy) is 2. The number of nitro groups is 1. The Kier molecular flexibility index (Phi) is 6.96. The first-order valence-corrected chi connectivity index (χ1v) is 10.1. The highest BCUT2D eigenvalue weighted by Crippen LogP contribution is 2.38. The number of aryl methyl sites for hydroxylation is 2. The van der Waals surface area contributed by atoms with Gasteiger partial charge in [0.1, 0.15) is 12.7 Å². The molecule has 9 heteroatoms. The van der Waals surface area contributed by atoms with Crippen molar-refractivity contribution in [2.45, 2.75) is 45.6 Å². The van der Waals surface area contributed by atoms with Gasteiger partial charge < -0.3 is 14.6 Å². The number of rotatable bonds is 7. The Bertz CT molecular complexity index is 1010. The molecule has 0 radical (unpaired) electrons. The van der Waals surface area contributed by atoms with Crippen LogP contribution in [0.4, 0.5) is 5.69 Å². The topological polar surface area (TPSA) is 129 Å². The Hall–Kier alpha value is -3.33. The molecule has 0 saturated heterocycles. The minimum absolute atomic E-state index is 0.00254. The van der Waals surface area contributed by atoms with Crippen LogP contribution in [-0.4, -0.2) is 46.3 Å². The quantitative estimate of drug-likeness (QED) is 0.403. The van der Waals surface area contributed by atoms with Crippen LogP contribution < -0.4 is 0 Å². The predicted octanol–water partition coefficient (Wildman–Crippen LogP) is 3.52. The third-order valence-electron chi connectivity index (χ3n) is 5.24. The van der Waals surface area contributed by atoms with Gasteiger partial charge in [-0.05, 0) is 45.6 Å². The normalized spacial score (nSPS) is 13.8. The number of hydrogen-bond donors (Lipinski definition) is 1. The van der Waals surface area contributed by atoms with E-state index in [4.69, 9.17) is 14.6 Å². The van der Waals surface area contributed by atoms with E-state index in [0.29, 0.717) is 5.69 Å². The standard InChI is InChI=1S/C22H24N2O7/c1-13-18(21(26)30-12-11-25)20(16-9-5-6-10-17(16)24(28)29)19(14(2)23-13)22(27)31-15-7-3-4-8-15/h5-6,9-10,15,25H,3-4,7-8,11-12H2,1-2H3. The van der Waals surface area contributed by atoms with Gasteiger partial charge in [0.25, 0.3) is 5.69 Å². The highest BCUT2D eigenvalue weighted by atomic mass is 16.6. The van der Waals surface area contributed by atoms with E-state index in [-0.39, 0.29) is 53.0 Å². The van der Waals surface area contributed by atoms with Gasteiger partial charge in [-0.15, -0.1) is 0 Å². The number of carbonyl (C=O) groups is 2. The highest BCUT2D eigenvalue weighted by molar-refractivity contribution is 6.08. The molecule has 1 fully saturated rings. The summed E-state index contributed by atoms with van der Waals surface area (Å²) in [7, 11) is 0. The fourth-order valence-corrected chi connectivity index (χ4v) is 3.89. The largest absolute Gasteiger partial charge is 0.460 e. The lowest BCUT2D eigenvalue weighted by Gasteiger charge is -2.19. The summed E-state index contributed by atoms with van der Waals surface area (Å²) in [6.45, 7) is 2.51. The number of aliphatic hydroxyl groups is 1. The summed E-state index contributed by atoms with van der Waals surface area (Å²) < 4.78 is 10.7. The number of aromatic nitrogens is 1. The first kappa shape index (κ1) is 22.4. The van der Waals surface area contributed by atoms with Crippen LogP contribution in [0.25, 0.3) is 11.1 Å². The zero-order valence-electron chi connectivity index (χ0n) is 17.4. The molecule has 164 valence electrons. The van der Waals surface area contributed by atoms with E-state index in [1.54, 1.807) is 19.9 Å². The number of benzene rings is 1. The Balaban J connectivity index is 2.26. The number of nitro benzene ring substituents is 1. The molecule has 9 nitrogen and oxygen atoms in total. The van der Waals surface area contributed by atoms with Crippen LogP contribution in [0.1, 0.15) is 57.8 Å². The molecule has 0 aliphatic heterocycles. The van der Waals surface area contributed by atoms with E-state index in [2.05, 4.69) is 4.98 Å². The maximum Gasteiger partial charge on any atom is 0.340 e. The van der Waals surface area contributed by atoms with Crippen molar-refractivity contribution in [1.29, 1.82) is 0 Å². The second-order valence-electron chi connectivity index (χ2n) is 7.35. The maximum absolute atomic E-state index is 13.2. The van der Waals surface area contributed by atoms with Gasteiger partial charge in [0.15, 0.2) is 0 Å². The Morgan fingerprint density at radius 1 is 1.13 bits per heavy atom. The lowest BCUT2D eigenvalue weighted by molar-refractivity contribution is -0.384. The van der Waals surface area contributed by atoms with E-state index >= 15 is 0 Å². The first-order valence-electron chi connectivity index (χ1n) is 10.1. The third-order valence-corrected chi connectivity index (χ3v) is 5.24. The first-order chi connectivity index (χ1) is 14.8. The summed E-state index contributed by atoms with van der Waals surface area (Å²) in [6, 6.07) is 5.86. The second-order valence-corrected chi connectivity index (χ2v) is 7.35. The molecule has 0 spiro atoms. The van der Waals surface area contributed by atoms with Gasteiger partial charge in [-0.2, -0.15) is 0 Å². The molecular formula is C22H24N2O7. The van der Waals surface area contributed by atoms with Crippen molar-refractivity contribution in [3.05, 3.63) is 56.9 Å². The molecule has 1 aromatic carbocycles. The number of para-hydroxylation sites is 1. The Morgan fingerprint density at radius 2 is 1.74 bits per heavy atom. The molecule has 1 N–H and O–H groups in total. The molecule has 3 rings (SSSR count). The van der Waals surface area contributed by atoms with Gasteiger partial charge in [-0.25, -0.2) is 9.59 Å². The lowest BCUT2D eigenvalue weighted by atomic mass is 9.91. The van der Waals surface area contributed by atoms with E-state index in [1.807, 2.05) is 0 Å². The predicted molar refractivity (Wildman–Crippen MR) is 111 cm³/mol. The molecule has 31 heavy (non-hydrogen) atoms. The number of esters is 2. The minimum Gasteiger partial charge on any atom is -0.460 e. The molecule has 1 aliphatic rings. The molecule has 1 aliphatic carbocycles. The van der Waals surface area contributed by atoms with Gasteiger partial charge >= 0.3 is 11.9 Å². The van der Waals surface area contributed by atoms with Gasteiger partial charge in [-0.1, -0.05) is 12.1 Å². The van der Waals surface area contributed by atoms with Crippen LogP contribution in [0.5, 0.6) is 0 Å². The number of hydrogen-bond acceptors (Lipinski definition) is 8. The van der Waals surface area contributed by atoms with Crippen molar-refractivity contribution in [1.82, 2.24) is 4.98 Å². The van der Waals surface area contributed by atoms with Crippen LogP contribution in [0.15, 0.2) is 24.3 Å². The molecule has 0 unspecified atom stereocenters. The zero-order chi connectivity index (χ0) is 22.5. The molecule has 1 saturated carbocycles. The zero-order valence-corrected chi connectivity index (χ0v) is 17.4. The fourth-order valence-electron chi connectivity index (χ4n) is 3.89. The van der Waals surface area contributed by atoms with Gasteiger partial charge in [0, 0.05) is 11.6 Å². The second kappa shape index (κ2) is 9.65. The SMILES string of the molecule is Cc1nc(C)c(C(=O)OC2CCCC2)c(-c2ccccc2[N+](=O)[O-])c1C(=O)OCCO. The van der Waals surface area contributed by atoms with Crippen LogP contribution in [0.3, 0.4) is 0 Å². The van der Waals surface area contributed by atoms with Crippen molar-refractivity contribution in [3.63, 3.8) is 0 Å². The Labute approximate surface area is 179 Å². The molecule has 1 heterocycles. The molecule has 0 amide bonds. The molecule has 0 bridgehead atoms. The van der Waals surface area contributed by atoms with Crippen molar-refractivity contribution in [2.75, 3.05) is 13.2 Å². The number of nitrogens with zero attached hydrogens (tertiary/aromatic N) is 2. The average molecular weight is 428 g/mol. The van der Waals surface area contributed by atoms with Crippen LogP contribution in [0.2, 0.25) is 0 Å². The van der Waals surface area contributed by atoms with Gasteiger partial charge in [-0.3, -0.25) is 15.1 Å². The van der Waals surface area contributed by atoms with E-state index < -0.39 is 16.9 Å². The monoisotopic (exact) mass is 428 g/mol. The summed E-state index contributed by atoms with van der Waals surface area (Å²) in [6.07, 6.45) is 3.17. The summed E-state index contributed by atoms with van der Waals surface area (Å²) >= 11 is 0. The van der Waals surface area contributed by atoms with Crippen LogP contribution >= 0.6 is 0 Å². The number of pyridine rings is 1. The van der Waals surface area contributed by atoms with E-state index in [0.717, 1.165) is 25.7 Å². The van der Waals surface area contributed by atoms with Crippen LogP contribution in [-0.2, 0) is 9.47 Å². The van der Waals surface area contributed by atoms with E-state index in [1.165, 1.54) is 18.2 Å². The van der Waals surface area contributed by atoms with Gasteiger partial charge in [0.05, 0.1) is 39.6 Å². The number of carbonyl (C=O) groups excluding carboxylic acids is 2. The minimum atomic E-state index is -0.831. The summed E-state index contributed by atoms with van der Waals surface area (Å²) in [5.74, 6) is -1.51. The summed E-state index contributed by atoms with van der Waals surface area (Å²) in [4.78, 5) is 41.5. The summed E-state index contributed by atoms with van der Waals surface area (Å²) in [5.41, 5.74) is 0.380. The van der Waals surface area contributed by atoms with Crippen molar-refractivity contribution in [2.24, 2.45) is 0 Å². The van der Waals surface area contributed by atoms with Crippen molar-refractivity contribution >= 4 is 17.6 Å². The van der Waals surface area contributed by atoms with Crippen molar-refractivity contribution < 1.29 is 29.1 Å². The smallest absolute Gasteiger partial charge is 0.340 e. The lowest BCUT2D eigenvalue weighted by Crippen LogP contribution is -2.21. The van der Waals surface area contributed by atoms with Crippen LogP contribution in [0, 0.1) is 24.0 Å². The summed E-state index contributed by atoms with van der Waals surface area (Å²) in [5, 5.41) is 20.7. The average Bonchev–Trinajstić information content (AvgIpc) is 3.24. The third kappa shape index (κ3) is 4.72. The van der Waals surface area contributed by atoms with Gasteiger partial charge in [0.2, 0.25) is 0 Å².